The van der Waals surface area contributed by atoms with Crippen LogP contribution in [0.1, 0.15) is 24.6 Å². The number of rotatable bonds is 6. The number of imidazole rings is 1. The van der Waals surface area contributed by atoms with E-state index in [0.717, 1.165) is 45.7 Å². The van der Waals surface area contributed by atoms with E-state index >= 15 is 0 Å². The van der Waals surface area contributed by atoms with Gasteiger partial charge in [-0.1, -0.05) is 0 Å². The summed E-state index contributed by atoms with van der Waals surface area (Å²) in [6.45, 7) is 5.41. The molecule has 0 bridgehead atoms. The molecule has 7 heteroatoms. The smallest absolute Gasteiger partial charge is 0.248 e. The Kier molecular flexibility index (Phi) is 5.86. The molecule has 2 aliphatic rings. The molecule has 0 N–H and O–H groups in total. The molecule has 2 aliphatic heterocycles. The number of carbonyl (C=O) groups is 1. The summed E-state index contributed by atoms with van der Waals surface area (Å²) in [7, 11) is 3.49. The molecule has 7 nitrogen and oxygen atoms in total. The first-order valence-corrected chi connectivity index (χ1v) is 8.72. The van der Waals surface area contributed by atoms with E-state index < -0.39 is 0 Å². The molecule has 0 aromatic carbocycles. The van der Waals surface area contributed by atoms with Crippen LogP contribution >= 0.6 is 0 Å². The van der Waals surface area contributed by atoms with Gasteiger partial charge in [-0.3, -0.25) is 9.69 Å². The van der Waals surface area contributed by atoms with E-state index in [4.69, 9.17) is 9.47 Å². The first-order chi connectivity index (χ1) is 11.6. The average molecular weight is 336 g/mol. The van der Waals surface area contributed by atoms with E-state index in [2.05, 4.69) is 14.5 Å². The molecule has 1 fully saturated rings. The second-order valence-electron chi connectivity index (χ2n) is 7.00. The highest BCUT2D eigenvalue weighted by Gasteiger charge is 2.27. The van der Waals surface area contributed by atoms with Crippen molar-refractivity contribution in [2.75, 3.05) is 53.6 Å². The third kappa shape index (κ3) is 4.34. The molecular formula is C17H28N4O3. The van der Waals surface area contributed by atoms with Crippen LogP contribution in [-0.4, -0.2) is 78.9 Å². The topological polar surface area (TPSA) is 59.8 Å². The maximum absolute atomic E-state index is 11.7. The molecule has 24 heavy (non-hydrogen) atoms. The number of fused-ring (bicyclic) bond motifs is 1. The number of amides is 1. The van der Waals surface area contributed by atoms with Crippen molar-refractivity contribution in [1.29, 1.82) is 0 Å². The monoisotopic (exact) mass is 336 g/mol. The summed E-state index contributed by atoms with van der Waals surface area (Å²) < 4.78 is 13.3. The summed E-state index contributed by atoms with van der Waals surface area (Å²) in [5.41, 5.74) is 1.22. The molecule has 1 amide bonds. The molecule has 0 saturated carbocycles. The third-order valence-corrected chi connectivity index (χ3v) is 4.89. The van der Waals surface area contributed by atoms with Gasteiger partial charge in [0.25, 0.3) is 0 Å². The number of nitrogens with zero attached hydrogens (tertiary/aromatic N) is 4. The van der Waals surface area contributed by atoms with E-state index in [9.17, 15) is 4.79 Å². The normalized spacial score (nSPS) is 22.3. The zero-order valence-electron chi connectivity index (χ0n) is 14.7. The van der Waals surface area contributed by atoms with Crippen LogP contribution in [0.25, 0.3) is 0 Å². The zero-order chi connectivity index (χ0) is 16.9. The quantitative estimate of drug-likeness (QED) is 0.768. The van der Waals surface area contributed by atoms with Gasteiger partial charge in [-0.05, 0) is 18.8 Å². The fraction of sp³-hybridized carbons (Fsp3) is 0.765. The summed E-state index contributed by atoms with van der Waals surface area (Å²) in [5.74, 6) is 0.709. The maximum Gasteiger partial charge on any atom is 0.248 e. The highest BCUT2D eigenvalue weighted by molar-refractivity contribution is 5.76. The average Bonchev–Trinajstić information content (AvgIpc) is 3.04. The van der Waals surface area contributed by atoms with E-state index in [1.165, 1.54) is 5.69 Å². The largest absolute Gasteiger partial charge is 0.381 e. The van der Waals surface area contributed by atoms with Crippen LogP contribution in [0.15, 0.2) is 12.5 Å². The standard InChI is InChI=1S/C17H28N4O3/c1-19(2)17(22)12-24-11-16-10-20(8-14-3-5-23-6-4-14)9-15-7-18-13-21(15)16/h7,13-14,16H,3-6,8-12H2,1-2H3/t16-/m0/s1. The summed E-state index contributed by atoms with van der Waals surface area (Å²) >= 11 is 0. The van der Waals surface area contributed by atoms with Crippen molar-refractivity contribution in [2.24, 2.45) is 5.92 Å². The van der Waals surface area contributed by atoms with E-state index in [1.807, 2.05) is 12.5 Å². The van der Waals surface area contributed by atoms with Crippen LogP contribution in [0.4, 0.5) is 0 Å². The second-order valence-corrected chi connectivity index (χ2v) is 7.00. The molecule has 1 atom stereocenters. The molecule has 3 heterocycles. The highest BCUT2D eigenvalue weighted by atomic mass is 16.5. The Morgan fingerprint density at radius 1 is 1.42 bits per heavy atom. The Balaban J connectivity index is 1.56. The number of hydrogen-bond acceptors (Lipinski definition) is 5. The van der Waals surface area contributed by atoms with Gasteiger partial charge in [0.1, 0.15) is 6.61 Å². The number of aromatic nitrogens is 2. The minimum atomic E-state index is -0.00396. The second kappa shape index (κ2) is 8.09. The van der Waals surface area contributed by atoms with Crippen LogP contribution in [-0.2, 0) is 20.8 Å². The molecule has 3 rings (SSSR count). The van der Waals surface area contributed by atoms with E-state index in [0.29, 0.717) is 12.5 Å². The van der Waals surface area contributed by atoms with Crippen molar-refractivity contribution in [1.82, 2.24) is 19.4 Å². The number of carbonyl (C=O) groups excluding carboxylic acids is 1. The lowest BCUT2D eigenvalue weighted by Gasteiger charge is -2.37. The molecule has 0 spiro atoms. The van der Waals surface area contributed by atoms with Crippen LogP contribution in [0, 0.1) is 5.92 Å². The van der Waals surface area contributed by atoms with Gasteiger partial charge in [-0.15, -0.1) is 0 Å². The number of ether oxygens (including phenoxy) is 2. The summed E-state index contributed by atoms with van der Waals surface area (Å²) in [4.78, 5) is 20.0. The fourth-order valence-electron chi connectivity index (χ4n) is 3.44. The maximum atomic E-state index is 11.7. The Hall–Kier alpha value is -1.44. The Morgan fingerprint density at radius 3 is 2.96 bits per heavy atom. The summed E-state index contributed by atoms with van der Waals surface area (Å²) in [5, 5.41) is 0. The highest BCUT2D eigenvalue weighted by Crippen LogP contribution is 2.24. The predicted molar refractivity (Wildman–Crippen MR) is 89.6 cm³/mol. The number of likely N-dealkylation sites (N-methyl/N-ethyl adjacent to an activating group) is 1. The lowest BCUT2D eigenvalue weighted by molar-refractivity contribution is -0.134. The van der Waals surface area contributed by atoms with Crippen molar-refractivity contribution in [2.45, 2.75) is 25.4 Å². The van der Waals surface area contributed by atoms with Crippen LogP contribution in [0.5, 0.6) is 0 Å². The van der Waals surface area contributed by atoms with Gasteiger partial charge in [0.15, 0.2) is 0 Å². The van der Waals surface area contributed by atoms with Crippen molar-refractivity contribution in [3.63, 3.8) is 0 Å². The van der Waals surface area contributed by atoms with Crippen LogP contribution in [0.2, 0.25) is 0 Å². The van der Waals surface area contributed by atoms with E-state index in [-0.39, 0.29) is 18.6 Å². The van der Waals surface area contributed by atoms with Crippen molar-refractivity contribution in [3.05, 3.63) is 18.2 Å². The Labute approximate surface area is 143 Å². The van der Waals surface area contributed by atoms with Crippen molar-refractivity contribution >= 4 is 5.91 Å². The predicted octanol–water partition coefficient (Wildman–Crippen LogP) is 0.771. The van der Waals surface area contributed by atoms with Gasteiger partial charge >= 0.3 is 0 Å². The van der Waals surface area contributed by atoms with Gasteiger partial charge in [-0.25, -0.2) is 4.98 Å². The van der Waals surface area contributed by atoms with Gasteiger partial charge in [-0.2, -0.15) is 0 Å². The fourth-order valence-corrected chi connectivity index (χ4v) is 3.44. The van der Waals surface area contributed by atoms with Gasteiger partial charge in [0, 0.05) is 53.1 Å². The lowest BCUT2D eigenvalue weighted by Crippen LogP contribution is -2.42. The van der Waals surface area contributed by atoms with Gasteiger partial charge in [0.2, 0.25) is 5.91 Å². The minimum Gasteiger partial charge on any atom is -0.381 e. The van der Waals surface area contributed by atoms with Crippen molar-refractivity contribution in [3.8, 4) is 0 Å². The van der Waals surface area contributed by atoms with Crippen LogP contribution < -0.4 is 0 Å². The Morgan fingerprint density at radius 2 is 2.21 bits per heavy atom. The third-order valence-electron chi connectivity index (χ3n) is 4.89. The van der Waals surface area contributed by atoms with Gasteiger partial charge in [0.05, 0.1) is 24.7 Å². The zero-order valence-corrected chi connectivity index (χ0v) is 14.7. The minimum absolute atomic E-state index is 0.00396. The van der Waals surface area contributed by atoms with Gasteiger partial charge < -0.3 is 18.9 Å². The molecular weight excluding hydrogens is 308 g/mol. The first-order valence-electron chi connectivity index (χ1n) is 8.72. The first kappa shape index (κ1) is 17.4. The van der Waals surface area contributed by atoms with Crippen LogP contribution in [0.3, 0.4) is 0 Å². The number of hydrogen-bond donors (Lipinski definition) is 0. The van der Waals surface area contributed by atoms with Crippen molar-refractivity contribution < 1.29 is 14.3 Å². The molecule has 134 valence electrons. The SMILES string of the molecule is CN(C)C(=O)COC[C@@H]1CN(CC2CCOCC2)Cc2cncn21. The molecule has 1 saturated heterocycles. The van der Waals surface area contributed by atoms with E-state index in [1.54, 1.807) is 19.0 Å². The summed E-state index contributed by atoms with van der Waals surface area (Å²) in [6.07, 6.45) is 6.11. The Bertz CT molecular complexity index is 540. The molecule has 1 aromatic rings. The lowest BCUT2D eigenvalue weighted by atomic mass is 9.99. The molecule has 0 aliphatic carbocycles. The molecule has 1 aromatic heterocycles. The molecule has 0 unspecified atom stereocenters. The summed E-state index contributed by atoms with van der Waals surface area (Å²) in [6, 6.07) is 0.214. The molecule has 0 radical (unpaired) electrons.